The summed E-state index contributed by atoms with van der Waals surface area (Å²) in [6, 6.07) is 5.04. The maximum absolute atomic E-state index is 12.3. The number of carboxylic acids is 1. The minimum atomic E-state index is -1.03. The second-order valence-corrected chi connectivity index (χ2v) is 7.15. The van der Waals surface area contributed by atoms with Gasteiger partial charge in [-0.1, -0.05) is 37.0 Å². The fourth-order valence-electron chi connectivity index (χ4n) is 2.47. The lowest BCUT2D eigenvalue weighted by Gasteiger charge is -2.22. The zero-order valence-electron chi connectivity index (χ0n) is 14.5. The molecule has 0 saturated heterocycles. The van der Waals surface area contributed by atoms with Gasteiger partial charge < -0.3 is 14.4 Å². The van der Waals surface area contributed by atoms with E-state index in [-0.39, 0.29) is 31.2 Å². The number of carbonyl (C=O) groups excluding carboxylic acids is 1. The van der Waals surface area contributed by atoms with Crippen LogP contribution in [-0.4, -0.2) is 40.0 Å². The van der Waals surface area contributed by atoms with Crippen molar-refractivity contribution >= 4 is 35.1 Å². The summed E-state index contributed by atoms with van der Waals surface area (Å²) >= 11 is 12.0. The van der Waals surface area contributed by atoms with E-state index in [4.69, 9.17) is 32.7 Å². The first-order valence-electron chi connectivity index (χ1n) is 8.16. The van der Waals surface area contributed by atoms with Crippen LogP contribution in [0.1, 0.15) is 26.2 Å². The summed E-state index contributed by atoms with van der Waals surface area (Å²) in [7, 11) is 0. The third-order valence-corrected chi connectivity index (χ3v) is 4.12. The van der Waals surface area contributed by atoms with Crippen LogP contribution < -0.4 is 0 Å². The molecule has 26 heavy (non-hydrogen) atoms. The van der Waals surface area contributed by atoms with E-state index in [0.29, 0.717) is 33.8 Å². The van der Waals surface area contributed by atoms with Gasteiger partial charge in [0.05, 0.1) is 11.2 Å². The number of benzene rings is 1. The summed E-state index contributed by atoms with van der Waals surface area (Å²) in [6.45, 7) is 3.94. The number of halogens is 2. The number of hydrogen-bond donors (Lipinski definition) is 1. The molecular weight excluding hydrogens is 379 g/mol. The van der Waals surface area contributed by atoms with Crippen LogP contribution >= 0.6 is 23.2 Å². The minimum Gasteiger partial charge on any atom is -0.480 e. The average Bonchev–Trinajstić information content (AvgIpc) is 2.99. The molecule has 0 spiro atoms. The third-order valence-electron chi connectivity index (χ3n) is 3.57. The van der Waals surface area contributed by atoms with Crippen molar-refractivity contribution in [2.24, 2.45) is 5.92 Å². The molecule has 1 aromatic heterocycles. The second-order valence-electron chi connectivity index (χ2n) is 6.30. The molecule has 0 aliphatic carbocycles. The van der Waals surface area contributed by atoms with E-state index in [2.05, 4.69) is 4.98 Å². The molecule has 2 rings (SSSR count). The van der Waals surface area contributed by atoms with E-state index in [1.54, 1.807) is 18.2 Å². The maximum atomic E-state index is 12.3. The summed E-state index contributed by atoms with van der Waals surface area (Å²) in [5, 5.41) is 9.93. The number of hydrogen-bond acceptors (Lipinski definition) is 4. The van der Waals surface area contributed by atoms with Gasteiger partial charge in [0.2, 0.25) is 5.91 Å². The Morgan fingerprint density at radius 1 is 1.31 bits per heavy atom. The smallest absolute Gasteiger partial charge is 0.323 e. The quantitative estimate of drug-likeness (QED) is 0.721. The Labute approximate surface area is 161 Å². The molecule has 0 aliphatic rings. The fraction of sp³-hybridized carbons (Fsp3) is 0.389. The van der Waals surface area contributed by atoms with Crippen LogP contribution in [0.15, 0.2) is 28.8 Å². The normalized spacial score (nSPS) is 11.0. The number of aromatic nitrogens is 1. The minimum absolute atomic E-state index is 0.119. The van der Waals surface area contributed by atoms with Gasteiger partial charge in [0.15, 0.2) is 11.7 Å². The number of carbonyl (C=O) groups is 2. The molecule has 140 valence electrons. The zero-order chi connectivity index (χ0) is 19.3. The van der Waals surface area contributed by atoms with Gasteiger partial charge in [-0.25, -0.2) is 4.98 Å². The fourth-order valence-corrected chi connectivity index (χ4v) is 2.97. The van der Waals surface area contributed by atoms with Crippen molar-refractivity contribution in [2.75, 3.05) is 13.1 Å². The lowest BCUT2D eigenvalue weighted by molar-refractivity contribution is -0.144. The van der Waals surface area contributed by atoms with E-state index in [0.717, 1.165) is 0 Å². The van der Waals surface area contributed by atoms with E-state index in [9.17, 15) is 9.59 Å². The highest BCUT2D eigenvalue weighted by Gasteiger charge is 2.19. The number of aliphatic carboxylic acids is 1. The van der Waals surface area contributed by atoms with E-state index >= 15 is 0 Å². The van der Waals surface area contributed by atoms with Gasteiger partial charge >= 0.3 is 5.97 Å². The average molecular weight is 399 g/mol. The number of rotatable bonds is 8. The van der Waals surface area contributed by atoms with E-state index < -0.39 is 5.97 Å². The number of oxazole rings is 1. The van der Waals surface area contributed by atoms with Crippen LogP contribution in [-0.2, 0) is 16.0 Å². The monoisotopic (exact) mass is 398 g/mol. The molecule has 1 N–H and O–H groups in total. The topological polar surface area (TPSA) is 83.6 Å². The molecule has 0 unspecified atom stereocenters. The molecule has 0 radical (unpaired) electrons. The van der Waals surface area contributed by atoms with Crippen molar-refractivity contribution in [3.8, 4) is 11.3 Å². The lowest BCUT2D eigenvalue weighted by Crippen LogP contribution is -2.38. The summed E-state index contributed by atoms with van der Waals surface area (Å²) < 4.78 is 5.66. The Morgan fingerprint density at radius 3 is 2.65 bits per heavy atom. The predicted octanol–water partition coefficient (Wildman–Crippen LogP) is 4.15. The molecule has 1 heterocycles. The van der Waals surface area contributed by atoms with Gasteiger partial charge in [0.1, 0.15) is 6.54 Å². The van der Waals surface area contributed by atoms with E-state index in [1.807, 2.05) is 13.8 Å². The molecule has 0 fully saturated rings. The van der Waals surface area contributed by atoms with Crippen molar-refractivity contribution < 1.29 is 19.1 Å². The first kappa shape index (κ1) is 20.3. The molecular formula is C18H20Cl2N2O4. The van der Waals surface area contributed by atoms with Crippen molar-refractivity contribution in [1.82, 2.24) is 9.88 Å². The summed E-state index contributed by atoms with van der Waals surface area (Å²) in [5.41, 5.74) is 0.661. The van der Waals surface area contributed by atoms with Crippen molar-refractivity contribution in [3.63, 3.8) is 0 Å². The zero-order valence-corrected chi connectivity index (χ0v) is 16.0. The highest BCUT2D eigenvalue weighted by molar-refractivity contribution is 6.36. The molecule has 1 aromatic carbocycles. The number of amides is 1. The summed E-state index contributed by atoms with van der Waals surface area (Å²) in [5.74, 6) is -0.225. The second kappa shape index (κ2) is 9.05. The highest BCUT2D eigenvalue weighted by atomic mass is 35.5. The van der Waals surface area contributed by atoms with Crippen LogP contribution in [0.3, 0.4) is 0 Å². The van der Waals surface area contributed by atoms with Gasteiger partial charge in [-0.2, -0.15) is 0 Å². The van der Waals surface area contributed by atoms with Crippen LogP contribution in [0.5, 0.6) is 0 Å². The first-order valence-corrected chi connectivity index (χ1v) is 8.91. The Kier molecular flexibility index (Phi) is 7.06. The Morgan fingerprint density at radius 2 is 2.04 bits per heavy atom. The highest BCUT2D eigenvalue weighted by Crippen LogP contribution is 2.30. The summed E-state index contributed by atoms with van der Waals surface area (Å²) in [6.07, 6.45) is 1.94. The predicted molar refractivity (Wildman–Crippen MR) is 99.3 cm³/mol. The lowest BCUT2D eigenvalue weighted by atomic mass is 10.2. The van der Waals surface area contributed by atoms with Crippen LogP contribution in [0.4, 0.5) is 0 Å². The van der Waals surface area contributed by atoms with E-state index in [1.165, 1.54) is 11.1 Å². The van der Waals surface area contributed by atoms with Gasteiger partial charge in [0.25, 0.3) is 0 Å². The van der Waals surface area contributed by atoms with Crippen LogP contribution in [0.2, 0.25) is 10.0 Å². The van der Waals surface area contributed by atoms with Crippen molar-refractivity contribution in [3.05, 3.63) is 40.3 Å². The SMILES string of the molecule is CC(C)CN(CC(=O)O)C(=O)CCc1ncc(-c2ccc(Cl)cc2Cl)o1. The van der Waals surface area contributed by atoms with Gasteiger partial charge in [-0.15, -0.1) is 0 Å². The van der Waals surface area contributed by atoms with Gasteiger partial charge in [0, 0.05) is 30.0 Å². The Bertz CT molecular complexity index is 789. The largest absolute Gasteiger partial charge is 0.480 e. The maximum Gasteiger partial charge on any atom is 0.323 e. The summed E-state index contributed by atoms with van der Waals surface area (Å²) in [4.78, 5) is 28.8. The van der Waals surface area contributed by atoms with Crippen LogP contribution in [0, 0.1) is 5.92 Å². The molecule has 8 heteroatoms. The third kappa shape index (κ3) is 5.75. The van der Waals surface area contributed by atoms with Crippen molar-refractivity contribution in [2.45, 2.75) is 26.7 Å². The molecule has 2 aromatic rings. The Balaban J connectivity index is 2.02. The molecule has 0 saturated carbocycles. The number of carboxylic acid groups (broad SMARTS) is 1. The molecule has 1 amide bonds. The molecule has 6 nitrogen and oxygen atoms in total. The van der Waals surface area contributed by atoms with Crippen LogP contribution in [0.25, 0.3) is 11.3 Å². The Hall–Kier alpha value is -2.05. The standard InChI is InChI=1S/C18H20Cl2N2O4/c1-11(2)9-22(10-18(24)25)17(23)6-5-16-21-8-15(26-16)13-4-3-12(19)7-14(13)20/h3-4,7-8,11H,5-6,9-10H2,1-2H3,(H,24,25). The molecule has 0 aliphatic heterocycles. The van der Waals surface area contributed by atoms with Gasteiger partial charge in [-0.3, -0.25) is 9.59 Å². The number of aryl methyl sites for hydroxylation is 1. The van der Waals surface area contributed by atoms with Crippen molar-refractivity contribution in [1.29, 1.82) is 0 Å². The van der Waals surface area contributed by atoms with Gasteiger partial charge in [-0.05, 0) is 24.1 Å². The first-order chi connectivity index (χ1) is 12.3. The molecule has 0 bridgehead atoms. The molecule has 0 atom stereocenters. The number of nitrogens with zero attached hydrogens (tertiary/aromatic N) is 2.